The van der Waals surface area contributed by atoms with Gasteiger partial charge in [-0.25, -0.2) is 13.1 Å². The van der Waals surface area contributed by atoms with E-state index in [1.54, 1.807) is 19.2 Å². The summed E-state index contributed by atoms with van der Waals surface area (Å²) in [6.07, 6.45) is 0.926. The molecule has 2 rings (SSSR count). The van der Waals surface area contributed by atoms with Gasteiger partial charge in [0, 0.05) is 11.1 Å². The summed E-state index contributed by atoms with van der Waals surface area (Å²) in [4.78, 5) is 11.7. The standard InChI is InChI=1S/C16H17NO5S/c1-21-15-6-4-3-5-13(15)11-22-14-9-7-12(8-10-14)16(18)17-23(2,19)20/h3-10H,11H2,1-2H3,(H,17,18). The third-order valence-electron chi connectivity index (χ3n) is 2.98. The molecule has 0 unspecified atom stereocenters. The molecule has 0 atom stereocenters. The van der Waals surface area contributed by atoms with Crippen molar-refractivity contribution in [3.8, 4) is 11.5 Å². The Morgan fingerprint density at radius 1 is 1.09 bits per heavy atom. The molecule has 0 radical (unpaired) electrons. The highest BCUT2D eigenvalue weighted by Gasteiger charge is 2.11. The second-order valence-corrected chi connectivity index (χ2v) is 6.58. The van der Waals surface area contributed by atoms with E-state index in [9.17, 15) is 13.2 Å². The van der Waals surface area contributed by atoms with E-state index < -0.39 is 15.9 Å². The van der Waals surface area contributed by atoms with Gasteiger partial charge in [0.1, 0.15) is 18.1 Å². The van der Waals surface area contributed by atoms with Crippen molar-refractivity contribution in [3.63, 3.8) is 0 Å². The van der Waals surface area contributed by atoms with Crippen molar-refractivity contribution in [2.45, 2.75) is 6.61 Å². The Bertz CT molecular complexity index is 784. The molecule has 0 fully saturated rings. The first-order valence-corrected chi connectivity index (χ1v) is 8.65. The van der Waals surface area contributed by atoms with Crippen LogP contribution < -0.4 is 14.2 Å². The topological polar surface area (TPSA) is 81.7 Å². The first-order chi connectivity index (χ1) is 10.9. The van der Waals surface area contributed by atoms with Gasteiger partial charge in [0.25, 0.3) is 5.91 Å². The number of ether oxygens (including phenoxy) is 2. The molecule has 6 nitrogen and oxygen atoms in total. The third-order valence-corrected chi connectivity index (χ3v) is 3.54. The summed E-state index contributed by atoms with van der Waals surface area (Å²) in [6, 6.07) is 13.7. The van der Waals surface area contributed by atoms with Crippen LogP contribution in [0.5, 0.6) is 11.5 Å². The van der Waals surface area contributed by atoms with E-state index >= 15 is 0 Å². The number of carbonyl (C=O) groups excluding carboxylic acids is 1. The number of carbonyl (C=O) groups is 1. The average molecular weight is 335 g/mol. The molecule has 7 heteroatoms. The molecule has 0 spiro atoms. The molecule has 2 aromatic carbocycles. The van der Waals surface area contributed by atoms with Gasteiger partial charge < -0.3 is 9.47 Å². The number of rotatable bonds is 6. The van der Waals surface area contributed by atoms with Crippen LogP contribution in [0.1, 0.15) is 15.9 Å². The summed E-state index contributed by atoms with van der Waals surface area (Å²) < 4.78 is 34.9. The first kappa shape index (κ1) is 16.8. The molecule has 2 aromatic rings. The number of benzene rings is 2. The van der Waals surface area contributed by atoms with Crippen LogP contribution in [0, 0.1) is 0 Å². The van der Waals surface area contributed by atoms with Crippen molar-refractivity contribution in [3.05, 3.63) is 59.7 Å². The highest BCUT2D eigenvalue weighted by Crippen LogP contribution is 2.20. The second kappa shape index (κ2) is 7.15. The van der Waals surface area contributed by atoms with Crippen molar-refractivity contribution >= 4 is 15.9 Å². The molecule has 0 aliphatic carbocycles. The normalized spacial score (nSPS) is 10.9. The SMILES string of the molecule is COc1ccccc1COc1ccc(C(=O)NS(C)(=O)=O)cc1. The van der Waals surface area contributed by atoms with Gasteiger partial charge in [-0.05, 0) is 30.3 Å². The predicted octanol–water partition coefficient (Wildman–Crippen LogP) is 1.96. The van der Waals surface area contributed by atoms with E-state index in [4.69, 9.17) is 9.47 Å². The van der Waals surface area contributed by atoms with E-state index in [0.29, 0.717) is 12.4 Å². The number of nitrogens with one attached hydrogen (secondary N) is 1. The van der Waals surface area contributed by atoms with E-state index in [2.05, 4.69) is 0 Å². The Labute approximate surface area is 135 Å². The fourth-order valence-electron chi connectivity index (χ4n) is 1.91. The van der Waals surface area contributed by atoms with Gasteiger partial charge in [-0.3, -0.25) is 4.79 Å². The van der Waals surface area contributed by atoms with Gasteiger partial charge >= 0.3 is 0 Å². The van der Waals surface area contributed by atoms with Crippen molar-refractivity contribution in [1.29, 1.82) is 0 Å². The van der Waals surface area contributed by atoms with Gasteiger partial charge in [0.2, 0.25) is 10.0 Å². The van der Waals surface area contributed by atoms with Crippen molar-refractivity contribution in [1.82, 2.24) is 4.72 Å². The van der Waals surface area contributed by atoms with Crippen LogP contribution in [-0.2, 0) is 16.6 Å². The lowest BCUT2D eigenvalue weighted by Gasteiger charge is -2.10. The molecule has 0 bridgehead atoms. The summed E-state index contributed by atoms with van der Waals surface area (Å²) in [5, 5.41) is 0. The summed E-state index contributed by atoms with van der Waals surface area (Å²) >= 11 is 0. The zero-order valence-corrected chi connectivity index (χ0v) is 13.6. The third kappa shape index (κ3) is 5.00. The van der Waals surface area contributed by atoms with Gasteiger partial charge in [-0.2, -0.15) is 0 Å². The lowest BCUT2D eigenvalue weighted by atomic mass is 10.2. The smallest absolute Gasteiger partial charge is 0.264 e. The summed E-state index contributed by atoms with van der Waals surface area (Å²) in [5.41, 5.74) is 1.13. The Hall–Kier alpha value is -2.54. The molecule has 0 saturated heterocycles. The van der Waals surface area contributed by atoms with E-state index in [1.165, 1.54) is 12.1 Å². The monoisotopic (exact) mass is 335 g/mol. The van der Waals surface area contributed by atoms with Crippen molar-refractivity contribution < 1.29 is 22.7 Å². The molecule has 0 aliphatic heterocycles. The number of hydrogen-bond donors (Lipinski definition) is 1. The Morgan fingerprint density at radius 3 is 2.35 bits per heavy atom. The molecule has 0 aromatic heterocycles. The lowest BCUT2D eigenvalue weighted by Crippen LogP contribution is -2.29. The zero-order valence-electron chi connectivity index (χ0n) is 12.8. The summed E-state index contributed by atoms with van der Waals surface area (Å²) in [6.45, 7) is 0.318. The molecule has 0 heterocycles. The Balaban J connectivity index is 2.01. The number of amides is 1. The first-order valence-electron chi connectivity index (χ1n) is 6.76. The van der Waals surface area contributed by atoms with Gasteiger partial charge in [0.05, 0.1) is 13.4 Å². The highest BCUT2D eigenvalue weighted by atomic mass is 32.2. The van der Waals surface area contributed by atoms with E-state index in [-0.39, 0.29) is 5.56 Å². The quantitative estimate of drug-likeness (QED) is 0.873. The van der Waals surface area contributed by atoms with Gasteiger partial charge in [-0.15, -0.1) is 0 Å². The maximum atomic E-state index is 11.7. The maximum Gasteiger partial charge on any atom is 0.264 e. The molecule has 0 aliphatic rings. The largest absolute Gasteiger partial charge is 0.496 e. The fraction of sp³-hybridized carbons (Fsp3) is 0.188. The van der Waals surface area contributed by atoms with Gasteiger partial charge in [-0.1, -0.05) is 18.2 Å². The van der Waals surface area contributed by atoms with Crippen molar-refractivity contribution in [2.24, 2.45) is 0 Å². The zero-order chi connectivity index (χ0) is 16.9. The highest BCUT2D eigenvalue weighted by molar-refractivity contribution is 7.89. The van der Waals surface area contributed by atoms with Crippen molar-refractivity contribution in [2.75, 3.05) is 13.4 Å². The molecular weight excluding hydrogens is 318 g/mol. The van der Waals surface area contributed by atoms with E-state index in [1.807, 2.05) is 29.0 Å². The van der Waals surface area contributed by atoms with Crippen LogP contribution in [0.2, 0.25) is 0 Å². The Morgan fingerprint density at radius 2 is 1.74 bits per heavy atom. The van der Waals surface area contributed by atoms with Crippen LogP contribution in [0.15, 0.2) is 48.5 Å². The van der Waals surface area contributed by atoms with Crippen LogP contribution in [0.4, 0.5) is 0 Å². The van der Waals surface area contributed by atoms with Crippen LogP contribution in [-0.4, -0.2) is 27.7 Å². The molecule has 122 valence electrons. The minimum atomic E-state index is -3.58. The minimum absolute atomic E-state index is 0.236. The van der Waals surface area contributed by atoms with Crippen LogP contribution in [0.3, 0.4) is 0 Å². The number of sulfonamides is 1. The number of para-hydroxylation sites is 1. The van der Waals surface area contributed by atoms with Crippen LogP contribution in [0.25, 0.3) is 0 Å². The molecular formula is C16H17NO5S. The van der Waals surface area contributed by atoms with Gasteiger partial charge in [0.15, 0.2) is 0 Å². The second-order valence-electron chi connectivity index (χ2n) is 4.83. The molecule has 1 amide bonds. The molecule has 23 heavy (non-hydrogen) atoms. The number of methoxy groups -OCH3 is 1. The fourth-order valence-corrected chi connectivity index (χ4v) is 2.37. The van der Waals surface area contributed by atoms with E-state index in [0.717, 1.165) is 17.6 Å². The molecule has 1 N–H and O–H groups in total. The summed E-state index contributed by atoms with van der Waals surface area (Å²) in [5.74, 6) is 0.618. The average Bonchev–Trinajstić information content (AvgIpc) is 2.52. The summed E-state index contributed by atoms with van der Waals surface area (Å²) in [7, 11) is -1.99. The predicted molar refractivity (Wildman–Crippen MR) is 86.1 cm³/mol. The maximum absolute atomic E-state index is 11.7. The Kier molecular flexibility index (Phi) is 5.23. The lowest BCUT2D eigenvalue weighted by molar-refractivity contribution is 0.0981. The number of hydrogen-bond acceptors (Lipinski definition) is 5. The van der Waals surface area contributed by atoms with Crippen LogP contribution >= 0.6 is 0 Å². The molecule has 0 saturated carbocycles. The minimum Gasteiger partial charge on any atom is -0.496 e.